The smallest absolute Gasteiger partial charge is 0.234 e. The zero-order valence-corrected chi connectivity index (χ0v) is 8.09. The van der Waals surface area contributed by atoms with Crippen molar-refractivity contribution in [3.63, 3.8) is 0 Å². The highest BCUT2D eigenvalue weighted by atomic mass is 32.2. The van der Waals surface area contributed by atoms with Crippen LogP contribution in [0.3, 0.4) is 0 Å². The normalized spacial score (nSPS) is 11.3. The topological polar surface area (TPSA) is 85.1 Å². The molecule has 14 heavy (non-hydrogen) atoms. The van der Waals surface area contributed by atoms with E-state index >= 15 is 0 Å². The lowest BCUT2D eigenvalue weighted by atomic mass is 10.4. The molecule has 0 saturated carbocycles. The van der Waals surface area contributed by atoms with Gasteiger partial charge in [0.25, 0.3) is 0 Å². The van der Waals surface area contributed by atoms with E-state index in [0.717, 1.165) is 6.20 Å². The molecule has 78 valence electrons. The van der Waals surface area contributed by atoms with Gasteiger partial charge < -0.3 is 5.73 Å². The first-order valence-corrected chi connectivity index (χ1v) is 5.50. The fraction of sp³-hybridized carbons (Fsp3) is 0.286. The molecule has 0 spiro atoms. The number of halogens is 1. The second-order valence-corrected chi connectivity index (χ2v) is 4.41. The van der Waals surface area contributed by atoms with Crippen molar-refractivity contribution in [2.45, 2.75) is 0 Å². The van der Waals surface area contributed by atoms with E-state index in [4.69, 9.17) is 5.73 Å². The number of aromatic nitrogens is 1. The predicted molar refractivity (Wildman–Crippen MR) is 50.7 cm³/mol. The molecule has 5 nitrogen and oxygen atoms in total. The first kappa shape index (κ1) is 10.9. The van der Waals surface area contributed by atoms with Gasteiger partial charge in [-0.1, -0.05) is 0 Å². The van der Waals surface area contributed by atoms with Crippen LogP contribution in [0.4, 0.5) is 10.1 Å². The lowest BCUT2D eigenvalue weighted by molar-refractivity contribution is 0.598. The molecule has 1 heterocycles. The highest BCUT2D eigenvalue weighted by Gasteiger charge is 2.11. The Morgan fingerprint density at radius 3 is 2.86 bits per heavy atom. The minimum atomic E-state index is -3.55. The molecular formula is C7H10FN3O2S. The van der Waals surface area contributed by atoms with Crippen LogP contribution in [0.5, 0.6) is 0 Å². The number of nitrogens with two attached hydrogens (primary N) is 1. The Balaban J connectivity index is 2.84. The van der Waals surface area contributed by atoms with Crippen LogP contribution in [-0.2, 0) is 10.0 Å². The second-order valence-electron chi connectivity index (χ2n) is 2.57. The van der Waals surface area contributed by atoms with Gasteiger partial charge in [-0.2, -0.15) is 0 Å². The summed E-state index contributed by atoms with van der Waals surface area (Å²) in [6.45, 7) is -0.0119. The van der Waals surface area contributed by atoms with Crippen molar-refractivity contribution < 1.29 is 12.8 Å². The summed E-state index contributed by atoms with van der Waals surface area (Å²) in [5, 5.41) is 0. The number of hydrogen-bond acceptors (Lipinski definition) is 4. The van der Waals surface area contributed by atoms with Crippen molar-refractivity contribution in [3.05, 3.63) is 24.3 Å². The molecule has 0 radical (unpaired) electrons. The molecule has 0 aliphatic heterocycles. The molecule has 1 rings (SSSR count). The maximum absolute atomic E-state index is 12.9. The lowest BCUT2D eigenvalue weighted by Crippen LogP contribution is -2.22. The minimum Gasteiger partial charge on any atom is -0.329 e. The van der Waals surface area contributed by atoms with Crippen LogP contribution >= 0.6 is 0 Å². The highest BCUT2D eigenvalue weighted by molar-refractivity contribution is 7.92. The minimum absolute atomic E-state index is 0.0119. The van der Waals surface area contributed by atoms with Crippen LogP contribution in [-0.4, -0.2) is 25.7 Å². The molecule has 0 amide bonds. The SMILES string of the molecule is NCCS(=O)(=O)Nc1ccncc1F. The third kappa shape index (κ3) is 2.93. The monoisotopic (exact) mass is 219 g/mol. The van der Waals surface area contributed by atoms with Crippen LogP contribution in [0.25, 0.3) is 0 Å². The van der Waals surface area contributed by atoms with Crippen molar-refractivity contribution in [2.75, 3.05) is 17.0 Å². The summed E-state index contributed by atoms with van der Waals surface area (Å²) in [4.78, 5) is 3.49. The Labute approximate surface area is 81.2 Å². The second kappa shape index (κ2) is 4.34. The van der Waals surface area contributed by atoms with Gasteiger partial charge in [0.1, 0.15) is 0 Å². The molecule has 3 N–H and O–H groups in total. The summed E-state index contributed by atoms with van der Waals surface area (Å²) in [6.07, 6.45) is 2.23. The third-order valence-corrected chi connectivity index (χ3v) is 2.73. The van der Waals surface area contributed by atoms with Crippen LogP contribution in [0.1, 0.15) is 0 Å². The van der Waals surface area contributed by atoms with Gasteiger partial charge >= 0.3 is 0 Å². The van der Waals surface area contributed by atoms with Gasteiger partial charge in [-0.3, -0.25) is 9.71 Å². The molecule has 1 aromatic rings. The maximum Gasteiger partial charge on any atom is 0.234 e. The molecular weight excluding hydrogens is 209 g/mol. The maximum atomic E-state index is 12.9. The predicted octanol–water partition coefficient (Wildman–Crippen LogP) is -0.0789. The van der Waals surface area contributed by atoms with E-state index in [1.807, 2.05) is 0 Å². The summed E-state index contributed by atoms with van der Waals surface area (Å²) in [5.41, 5.74) is 4.96. The molecule has 0 aliphatic carbocycles. The van der Waals surface area contributed by atoms with E-state index in [1.165, 1.54) is 12.3 Å². The summed E-state index contributed by atoms with van der Waals surface area (Å²) in [7, 11) is -3.55. The van der Waals surface area contributed by atoms with Crippen LogP contribution < -0.4 is 10.5 Å². The summed E-state index contributed by atoms with van der Waals surface area (Å²) in [5.74, 6) is -0.956. The van der Waals surface area contributed by atoms with E-state index in [9.17, 15) is 12.8 Å². The van der Waals surface area contributed by atoms with Gasteiger partial charge in [0.05, 0.1) is 17.6 Å². The molecule has 0 aliphatic rings. The van der Waals surface area contributed by atoms with Crippen LogP contribution in [0.2, 0.25) is 0 Å². The summed E-state index contributed by atoms with van der Waals surface area (Å²) >= 11 is 0. The zero-order valence-electron chi connectivity index (χ0n) is 7.27. The van der Waals surface area contributed by atoms with E-state index in [1.54, 1.807) is 0 Å². The van der Waals surface area contributed by atoms with Gasteiger partial charge in [0, 0.05) is 12.7 Å². The number of nitrogens with one attached hydrogen (secondary N) is 1. The van der Waals surface area contributed by atoms with Gasteiger partial charge in [-0.05, 0) is 6.07 Å². The first-order valence-electron chi connectivity index (χ1n) is 3.85. The molecule has 0 fully saturated rings. The number of pyridine rings is 1. The molecule has 0 unspecified atom stereocenters. The molecule has 0 aromatic carbocycles. The van der Waals surface area contributed by atoms with Gasteiger partial charge in [-0.25, -0.2) is 12.8 Å². The van der Waals surface area contributed by atoms with E-state index in [0.29, 0.717) is 0 Å². The molecule has 1 aromatic heterocycles. The average molecular weight is 219 g/mol. The number of rotatable bonds is 4. The number of anilines is 1. The fourth-order valence-electron chi connectivity index (χ4n) is 0.832. The summed E-state index contributed by atoms with van der Waals surface area (Å²) in [6, 6.07) is 1.24. The number of nitrogens with zero attached hydrogens (tertiary/aromatic N) is 1. The lowest BCUT2D eigenvalue weighted by Gasteiger charge is -2.06. The van der Waals surface area contributed by atoms with Gasteiger partial charge in [0.15, 0.2) is 5.82 Å². The molecule has 0 bridgehead atoms. The molecule has 0 atom stereocenters. The van der Waals surface area contributed by atoms with Gasteiger partial charge in [0.2, 0.25) is 10.0 Å². The van der Waals surface area contributed by atoms with Crippen molar-refractivity contribution in [1.29, 1.82) is 0 Å². The van der Waals surface area contributed by atoms with E-state index < -0.39 is 15.8 Å². The molecule has 0 saturated heterocycles. The Kier molecular flexibility index (Phi) is 3.37. The number of sulfonamides is 1. The third-order valence-electron chi connectivity index (χ3n) is 1.42. The van der Waals surface area contributed by atoms with Crippen molar-refractivity contribution in [3.8, 4) is 0 Å². The Morgan fingerprint density at radius 2 is 2.29 bits per heavy atom. The average Bonchev–Trinajstić information content (AvgIpc) is 2.08. The van der Waals surface area contributed by atoms with Crippen molar-refractivity contribution >= 4 is 15.7 Å². The van der Waals surface area contributed by atoms with E-state index in [2.05, 4.69) is 9.71 Å². The Bertz CT molecular complexity index is 407. The molecule has 7 heteroatoms. The zero-order chi connectivity index (χ0) is 10.6. The van der Waals surface area contributed by atoms with Crippen LogP contribution in [0, 0.1) is 5.82 Å². The number of hydrogen-bond donors (Lipinski definition) is 2. The summed E-state index contributed by atoms with van der Waals surface area (Å²) < 4.78 is 37.4. The standard InChI is InChI=1S/C7H10FN3O2S/c8-6-5-10-3-1-7(6)11-14(12,13)4-2-9/h1,3,5H,2,4,9H2,(H,10,11). The van der Waals surface area contributed by atoms with Gasteiger partial charge in [-0.15, -0.1) is 0 Å². The van der Waals surface area contributed by atoms with Crippen molar-refractivity contribution in [2.24, 2.45) is 5.73 Å². The Morgan fingerprint density at radius 1 is 1.57 bits per heavy atom. The fourth-order valence-corrected chi connectivity index (χ4v) is 1.74. The largest absolute Gasteiger partial charge is 0.329 e. The highest BCUT2D eigenvalue weighted by Crippen LogP contribution is 2.12. The van der Waals surface area contributed by atoms with Crippen LogP contribution in [0.15, 0.2) is 18.5 Å². The van der Waals surface area contributed by atoms with E-state index in [-0.39, 0.29) is 18.0 Å². The Hall–Kier alpha value is -1.21. The quantitative estimate of drug-likeness (QED) is 0.741. The van der Waals surface area contributed by atoms with Crippen molar-refractivity contribution in [1.82, 2.24) is 4.98 Å². The first-order chi connectivity index (χ1) is 6.55.